The topological polar surface area (TPSA) is 36.4 Å². The van der Waals surface area contributed by atoms with E-state index in [-0.39, 0.29) is 5.91 Å². The highest BCUT2D eigenvalue weighted by molar-refractivity contribution is 6.29. The second-order valence-corrected chi connectivity index (χ2v) is 6.43. The van der Waals surface area contributed by atoms with Gasteiger partial charge in [-0.05, 0) is 30.5 Å². The molecule has 2 aromatic rings. The highest BCUT2D eigenvalue weighted by Crippen LogP contribution is 2.19. The Labute approximate surface area is 148 Å². The number of halogens is 1. The first-order chi connectivity index (χ1) is 11.7. The van der Waals surface area contributed by atoms with Gasteiger partial charge in [0.1, 0.15) is 5.15 Å². The summed E-state index contributed by atoms with van der Waals surface area (Å²) in [6, 6.07) is 14.2. The molecule has 1 fully saturated rings. The molecular weight excluding hydrogens is 322 g/mol. The van der Waals surface area contributed by atoms with Crippen molar-refractivity contribution in [2.75, 3.05) is 31.1 Å². The summed E-state index contributed by atoms with van der Waals surface area (Å²) in [7, 11) is 0. The van der Waals surface area contributed by atoms with Crippen LogP contribution in [0.5, 0.6) is 0 Å². The van der Waals surface area contributed by atoms with Crippen molar-refractivity contribution in [2.45, 2.75) is 19.3 Å². The van der Waals surface area contributed by atoms with E-state index in [0.717, 1.165) is 44.7 Å². The minimum Gasteiger partial charge on any atom is -0.368 e. The van der Waals surface area contributed by atoms with Crippen LogP contribution in [-0.4, -0.2) is 42.0 Å². The van der Waals surface area contributed by atoms with Crippen LogP contribution >= 0.6 is 11.6 Å². The molecule has 0 atom stereocenters. The molecule has 5 heteroatoms. The van der Waals surface area contributed by atoms with E-state index in [9.17, 15) is 4.79 Å². The van der Waals surface area contributed by atoms with Crippen LogP contribution in [0.15, 0.2) is 48.7 Å². The highest BCUT2D eigenvalue weighted by Gasteiger charge is 2.21. The second-order valence-electron chi connectivity index (χ2n) is 6.04. The summed E-state index contributed by atoms with van der Waals surface area (Å²) in [6.45, 7) is 3.21. The second kappa shape index (κ2) is 8.15. The molecule has 0 N–H and O–H groups in total. The molecule has 1 aromatic carbocycles. The average Bonchev–Trinajstić information content (AvgIpc) is 2.63. The standard InChI is InChI=1S/C19H22ClN3O/c20-18-15-17(9-10-21-18)22-11-13-23(14-12-22)19(24)8-4-7-16-5-2-1-3-6-16/h1-3,5-6,9-10,15H,4,7-8,11-14H2. The van der Waals surface area contributed by atoms with Gasteiger partial charge in [0.2, 0.25) is 5.91 Å². The molecule has 3 rings (SSSR count). The fourth-order valence-electron chi connectivity index (χ4n) is 3.05. The zero-order chi connectivity index (χ0) is 16.8. The van der Waals surface area contributed by atoms with Gasteiger partial charge in [0.25, 0.3) is 0 Å². The van der Waals surface area contributed by atoms with Gasteiger partial charge in [0.05, 0.1) is 0 Å². The van der Waals surface area contributed by atoms with Crippen molar-refractivity contribution in [1.82, 2.24) is 9.88 Å². The van der Waals surface area contributed by atoms with E-state index < -0.39 is 0 Å². The van der Waals surface area contributed by atoms with Crippen LogP contribution in [0.4, 0.5) is 5.69 Å². The number of benzene rings is 1. The molecule has 2 heterocycles. The van der Waals surface area contributed by atoms with E-state index in [1.807, 2.05) is 35.2 Å². The molecule has 1 aliphatic heterocycles. The first-order valence-electron chi connectivity index (χ1n) is 8.40. The molecule has 24 heavy (non-hydrogen) atoms. The molecule has 0 spiro atoms. The maximum absolute atomic E-state index is 12.4. The van der Waals surface area contributed by atoms with Crippen molar-refractivity contribution >= 4 is 23.2 Å². The van der Waals surface area contributed by atoms with Crippen LogP contribution in [0.25, 0.3) is 0 Å². The van der Waals surface area contributed by atoms with Gasteiger partial charge in [-0.15, -0.1) is 0 Å². The number of aromatic nitrogens is 1. The van der Waals surface area contributed by atoms with Crippen LogP contribution < -0.4 is 4.90 Å². The molecule has 126 valence electrons. The van der Waals surface area contributed by atoms with Crippen molar-refractivity contribution in [2.24, 2.45) is 0 Å². The lowest BCUT2D eigenvalue weighted by atomic mass is 10.1. The Morgan fingerprint density at radius 2 is 1.83 bits per heavy atom. The van der Waals surface area contributed by atoms with E-state index in [2.05, 4.69) is 22.0 Å². The Hall–Kier alpha value is -2.07. The Morgan fingerprint density at radius 1 is 1.08 bits per heavy atom. The monoisotopic (exact) mass is 343 g/mol. The normalized spacial score (nSPS) is 14.7. The summed E-state index contributed by atoms with van der Waals surface area (Å²) in [5.41, 5.74) is 2.37. The van der Waals surface area contributed by atoms with Crippen LogP contribution in [0.3, 0.4) is 0 Å². The molecule has 0 saturated carbocycles. The van der Waals surface area contributed by atoms with Gasteiger partial charge >= 0.3 is 0 Å². The minimum atomic E-state index is 0.262. The number of piperazine rings is 1. The Balaban J connectivity index is 1.43. The summed E-state index contributed by atoms with van der Waals surface area (Å²) in [6.07, 6.45) is 4.21. The van der Waals surface area contributed by atoms with Gasteiger partial charge in [-0.3, -0.25) is 4.79 Å². The molecule has 0 bridgehead atoms. The van der Waals surface area contributed by atoms with Gasteiger partial charge in [-0.1, -0.05) is 41.9 Å². The Bertz CT molecular complexity index is 669. The van der Waals surface area contributed by atoms with Crippen molar-refractivity contribution in [3.8, 4) is 0 Å². The fraction of sp³-hybridized carbons (Fsp3) is 0.368. The summed E-state index contributed by atoms with van der Waals surface area (Å²) in [4.78, 5) is 20.6. The SMILES string of the molecule is O=C(CCCc1ccccc1)N1CCN(c2ccnc(Cl)c2)CC1. The number of amides is 1. The third-order valence-electron chi connectivity index (χ3n) is 4.41. The number of hydrogen-bond acceptors (Lipinski definition) is 3. The number of anilines is 1. The zero-order valence-corrected chi connectivity index (χ0v) is 14.5. The van der Waals surface area contributed by atoms with Gasteiger partial charge < -0.3 is 9.80 Å². The fourth-order valence-corrected chi connectivity index (χ4v) is 3.22. The Kier molecular flexibility index (Phi) is 5.70. The number of hydrogen-bond donors (Lipinski definition) is 0. The van der Waals surface area contributed by atoms with Crippen LogP contribution in [0.1, 0.15) is 18.4 Å². The average molecular weight is 344 g/mol. The van der Waals surface area contributed by atoms with E-state index in [0.29, 0.717) is 11.6 Å². The number of nitrogens with zero attached hydrogens (tertiary/aromatic N) is 3. The molecule has 0 aliphatic carbocycles. The Morgan fingerprint density at radius 3 is 2.54 bits per heavy atom. The van der Waals surface area contributed by atoms with Gasteiger partial charge in [-0.2, -0.15) is 0 Å². The highest BCUT2D eigenvalue weighted by atomic mass is 35.5. The molecule has 1 aliphatic rings. The van der Waals surface area contributed by atoms with E-state index in [1.165, 1.54) is 5.56 Å². The van der Waals surface area contributed by atoms with Crippen molar-refractivity contribution in [3.63, 3.8) is 0 Å². The molecule has 0 radical (unpaired) electrons. The lowest BCUT2D eigenvalue weighted by Gasteiger charge is -2.36. The van der Waals surface area contributed by atoms with Crippen LogP contribution in [0, 0.1) is 0 Å². The molecule has 4 nitrogen and oxygen atoms in total. The number of carbonyl (C=O) groups excluding carboxylic acids is 1. The van der Waals surface area contributed by atoms with Crippen LogP contribution in [-0.2, 0) is 11.2 Å². The first-order valence-corrected chi connectivity index (χ1v) is 8.78. The summed E-state index contributed by atoms with van der Waals surface area (Å²) in [5, 5.41) is 0.506. The number of carbonyl (C=O) groups is 1. The van der Waals surface area contributed by atoms with Gasteiger partial charge in [-0.25, -0.2) is 4.98 Å². The van der Waals surface area contributed by atoms with E-state index in [4.69, 9.17) is 11.6 Å². The molecule has 1 amide bonds. The van der Waals surface area contributed by atoms with Crippen molar-refractivity contribution in [3.05, 3.63) is 59.4 Å². The smallest absolute Gasteiger partial charge is 0.222 e. The van der Waals surface area contributed by atoms with E-state index in [1.54, 1.807) is 6.20 Å². The largest absolute Gasteiger partial charge is 0.368 e. The first kappa shape index (κ1) is 16.8. The number of aryl methyl sites for hydroxylation is 1. The zero-order valence-electron chi connectivity index (χ0n) is 13.7. The molecule has 1 saturated heterocycles. The van der Waals surface area contributed by atoms with Gasteiger partial charge in [0, 0.05) is 44.5 Å². The van der Waals surface area contributed by atoms with Crippen molar-refractivity contribution < 1.29 is 4.79 Å². The maximum atomic E-state index is 12.4. The minimum absolute atomic E-state index is 0.262. The third kappa shape index (κ3) is 4.48. The summed E-state index contributed by atoms with van der Waals surface area (Å²) >= 11 is 5.95. The van der Waals surface area contributed by atoms with E-state index >= 15 is 0 Å². The lowest BCUT2D eigenvalue weighted by Crippen LogP contribution is -2.48. The third-order valence-corrected chi connectivity index (χ3v) is 4.61. The summed E-state index contributed by atoms with van der Waals surface area (Å²) < 4.78 is 0. The predicted octanol–water partition coefficient (Wildman–Crippen LogP) is 3.41. The lowest BCUT2D eigenvalue weighted by molar-refractivity contribution is -0.131. The number of rotatable bonds is 5. The van der Waals surface area contributed by atoms with Gasteiger partial charge in [0.15, 0.2) is 0 Å². The quantitative estimate of drug-likeness (QED) is 0.781. The summed E-state index contributed by atoms with van der Waals surface area (Å²) in [5.74, 6) is 0.262. The molecule has 0 unspecified atom stereocenters. The van der Waals surface area contributed by atoms with Crippen molar-refractivity contribution in [1.29, 1.82) is 0 Å². The predicted molar refractivity (Wildman–Crippen MR) is 97.4 cm³/mol. The maximum Gasteiger partial charge on any atom is 0.222 e. The number of pyridine rings is 1. The molecular formula is C19H22ClN3O. The molecule has 1 aromatic heterocycles. The van der Waals surface area contributed by atoms with Crippen LogP contribution in [0.2, 0.25) is 5.15 Å².